The molecule has 0 spiro atoms. The molecule has 0 saturated carbocycles. The SMILES string of the molecule is CNC(c1cccc(C)c1Cl)C1CCCOC1. The fourth-order valence-corrected chi connectivity index (χ4v) is 2.83. The first-order valence-corrected chi connectivity index (χ1v) is 6.62. The van der Waals surface area contributed by atoms with Gasteiger partial charge in [0, 0.05) is 23.6 Å². The van der Waals surface area contributed by atoms with Crippen molar-refractivity contribution in [3.8, 4) is 0 Å². The third-order valence-corrected chi connectivity index (χ3v) is 4.05. The second-order valence-electron chi connectivity index (χ2n) is 4.72. The number of benzene rings is 1. The molecule has 0 amide bonds. The van der Waals surface area contributed by atoms with E-state index >= 15 is 0 Å². The maximum atomic E-state index is 6.41. The predicted octanol–water partition coefficient (Wildman–Crippen LogP) is 3.34. The van der Waals surface area contributed by atoms with Crippen molar-refractivity contribution in [3.63, 3.8) is 0 Å². The molecule has 0 radical (unpaired) electrons. The van der Waals surface area contributed by atoms with Crippen molar-refractivity contribution in [2.45, 2.75) is 25.8 Å². The summed E-state index contributed by atoms with van der Waals surface area (Å²) in [5.74, 6) is 0.521. The van der Waals surface area contributed by atoms with Crippen molar-refractivity contribution in [1.82, 2.24) is 5.32 Å². The van der Waals surface area contributed by atoms with Gasteiger partial charge >= 0.3 is 0 Å². The lowest BCUT2D eigenvalue weighted by Gasteiger charge is -2.31. The van der Waals surface area contributed by atoms with Crippen LogP contribution in [0.25, 0.3) is 0 Å². The highest BCUT2D eigenvalue weighted by Gasteiger charge is 2.26. The zero-order chi connectivity index (χ0) is 12.3. The lowest BCUT2D eigenvalue weighted by atomic mass is 9.88. The van der Waals surface area contributed by atoms with Gasteiger partial charge in [0.05, 0.1) is 6.61 Å². The monoisotopic (exact) mass is 253 g/mol. The van der Waals surface area contributed by atoms with Crippen LogP contribution in [0.3, 0.4) is 0 Å². The number of rotatable bonds is 3. The summed E-state index contributed by atoms with van der Waals surface area (Å²) in [5, 5.41) is 4.28. The van der Waals surface area contributed by atoms with Crippen LogP contribution >= 0.6 is 11.6 Å². The molecule has 1 aromatic rings. The third kappa shape index (κ3) is 2.82. The Bertz CT molecular complexity index is 374. The van der Waals surface area contributed by atoms with E-state index in [1.54, 1.807) is 0 Å². The molecular formula is C14H20ClNO. The normalized spacial score (nSPS) is 22.4. The first-order chi connectivity index (χ1) is 8.24. The fraction of sp³-hybridized carbons (Fsp3) is 0.571. The van der Waals surface area contributed by atoms with Crippen molar-refractivity contribution in [3.05, 3.63) is 34.3 Å². The first-order valence-electron chi connectivity index (χ1n) is 6.24. The first kappa shape index (κ1) is 12.9. The van der Waals surface area contributed by atoms with Gasteiger partial charge in [-0.3, -0.25) is 0 Å². The Hall–Kier alpha value is -0.570. The lowest BCUT2D eigenvalue weighted by molar-refractivity contribution is 0.0402. The van der Waals surface area contributed by atoms with Crippen LogP contribution in [0.15, 0.2) is 18.2 Å². The number of aryl methyl sites for hydroxylation is 1. The van der Waals surface area contributed by atoms with E-state index in [1.165, 1.54) is 12.0 Å². The Labute approximate surface area is 108 Å². The van der Waals surface area contributed by atoms with Gasteiger partial charge in [0.1, 0.15) is 0 Å². The lowest BCUT2D eigenvalue weighted by Crippen LogP contribution is -2.31. The van der Waals surface area contributed by atoms with Gasteiger partial charge in [-0.1, -0.05) is 29.8 Å². The molecule has 94 valence electrons. The summed E-state index contributed by atoms with van der Waals surface area (Å²) in [6.45, 7) is 3.78. The van der Waals surface area contributed by atoms with E-state index in [2.05, 4.69) is 30.4 Å². The highest BCUT2D eigenvalue weighted by molar-refractivity contribution is 6.32. The Morgan fingerprint density at radius 1 is 1.47 bits per heavy atom. The van der Waals surface area contributed by atoms with Crippen LogP contribution in [0, 0.1) is 12.8 Å². The molecule has 2 unspecified atom stereocenters. The molecule has 2 rings (SSSR count). The van der Waals surface area contributed by atoms with Gasteiger partial charge in [-0.15, -0.1) is 0 Å². The summed E-state index contributed by atoms with van der Waals surface area (Å²) in [6, 6.07) is 6.54. The molecule has 1 aliphatic heterocycles. The number of hydrogen-bond acceptors (Lipinski definition) is 2. The van der Waals surface area contributed by atoms with Crippen molar-refractivity contribution < 1.29 is 4.74 Å². The van der Waals surface area contributed by atoms with Crippen molar-refractivity contribution in [2.24, 2.45) is 5.92 Å². The molecular weight excluding hydrogens is 234 g/mol. The third-order valence-electron chi connectivity index (χ3n) is 3.53. The molecule has 1 aromatic carbocycles. The van der Waals surface area contributed by atoms with E-state index in [4.69, 9.17) is 16.3 Å². The van der Waals surface area contributed by atoms with Gasteiger partial charge in [0.25, 0.3) is 0 Å². The van der Waals surface area contributed by atoms with Crippen molar-refractivity contribution in [1.29, 1.82) is 0 Å². The number of nitrogens with one attached hydrogen (secondary N) is 1. The Kier molecular flexibility index (Phi) is 4.43. The zero-order valence-corrected chi connectivity index (χ0v) is 11.3. The molecule has 1 saturated heterocycles. The van der Waals surface area contributed by atoms with Crippen LogP contribution in [0.1, 0.15) is 30.0 Å². The van der Waals surface area contributed by atoms with Crippen LogP contribution in [0.4, 0.5) is 0 Å². The van der Waals surface area contributed by atoms with Gasteiger partial charge in [0.15, 0.2) is 0 Å². The Morgan fingerprint density at radius 2 is 2.29 bits per heavy atom. The molecule has 17 heavy (non-hydrogen) atoms. The van der Waals surface area contributed by atoms with Gasteiger partial charge < -0.3 is 10.1 Å². The van der Waals surface area contributed by atoms with Gasteiger partial charge in [0.2, 0.25) is 0 Å². The van der Waals surface area contributed by atoms with Crippen LogP contribution in [-0.4, -0.2) is 20.3 Å². The Balaban J connectivity index is 2.24. The van der Waals surface area contributed by atoms with E-state index in [1.807, 2.05) is 7.05 Å². The number of hydrogen-bond donors (Lipinski definition) is 1. The quantitative estimate of drug-likeness (QED) is 0.892. The summed E-state index contributed by atoms with van der Waals surface area (Å²) in [4.78, 5) is 0. The summed E-state index contributed by atoms with van der Waals surface area (Å²) in [6.07, 6.45) is 2.35. The smallest absolute Gasteiger partial charge is 0.0512 e. The van der Waals surface area contributed by atoms with E-state index in [0.29, 0.717) is 12.0 Å². The molecule has 1 N–H and O–H groups in total. The Morgan fingerprint density at radius 3 is 2.94 bits per heavy atom. The van der Waals surface area contributed by atoms with E-state index in [0.717, 1.165) is 30.2 Å². The largest absolute Gasteiger partial charge is 0.381 e. The highest BCUT2D eigenvalue weighted by Crippen LogP contribution is 2.33. The molecule has 0 aromatic heterocycles. The van der Waals surface area contributed by atoms with E-state index in [-0.39, 0.29) is 0 Å². The minimum Gasteiger partial charge on any atom is -0.381 e. The van der Waals surface area contributed by atoms with Crippen molar-refractivity contribution in [2.75, 3.05) is 20.3 Å². The second kappa shape index (κ2) is 5.85. The minimum absolute atomic E-state index is 0.294. The maximum absolute atomic E-state index is 6.41. The summed E-state index contributed by atoms with van der Waals surface area (Å²) in [7, 11) is 2.00. The van der Waals surface area contributed by atoms with Gasteiger partial charge in [-0.2, -0.15) is 0 Å². The summed E-state index contributed by atoms with van der Waals surface area (Å²) < 4.78 is 5.57. The molecule has 1 heterocycles. The average Bonchev–Trinajstić information content (AvgIpc) is 2.37. The van der Waals surface area contributed by atoms with E-state index in [9.17, 15) is 0 Å². The van der Waals surface area contributed by atoms with Crippen LogP contribution in [-0.2, 0) is 4.74 Å². The van der Waals surface area contributed by atoms with Gasteiger partial charge in [-0.25, -0.2) is 0 Å². The standard InChI is InChI=1S/C14H20ClNO/c1-10-5-3-7-12(13(10)15)14(16-2)11-6-4-8-17-9-11/h3,5,7,11,14,16H,4,6,8-9H2,1-2H3. The topological polar surface area (TPSA) is 21.3 Å². The molecule has 1 fully saturated rings. The van der Waals surface area contributed by atoms with E-state index < -0.39 is 0 Å². The molecule has 2 atom stereocenters. The molecule has 2 nitrogen and oxygen atoms in total. The van der Waals surface area contributed by atoms with Crippen LogP contribution in [0.2, 0.25) is 5.02 Å². The molecule has 0 bridgehead atoms. The molecule has 1 aliphatic rings. The summed E-state index contributed by atoms with van der Waals surface area (Å²) >= 11 is 6.41. The predicted molar refractivity (Wildman–Crippen MR) is 71.5 cm³/mol. The second-order valence-corrected chi connectivity index (χ2v) is 5.10. The summed E-state index contributed by atoms with van der Waals surface area (Å²) in [5.41, 5.74) is 2.34. The fourth-order valence-electron chi connectivity index (χ4n) is 2.58. The molecule has 0 aliphatic carbocycles. The number of ether oxygens (including phenoxy) is 1. The molecule has 3 heteroatoms. The maximum Gasteiger partial charge on any atom is 0.0512 e. The average molecular weight is 254 g/mol. The number of halogens is 1. The highest BCUT2D eigenvalue weighted by atomic mass is 35.5. The zero-order valence-electron chi connectivity index (χ0n) is 10.5. The van der Waals surface area contributed by atoms with Crippen molar-refractivity contribution >= 4 is 11.6 Å². The minimum atomic E-state index is 0.294. The van der Waals surface area contributed by atoms with Crippen LogP contribution < -0.4 is 5.32 Å². The van der Waals surface area contributed by atoms with Crippen LogP contribution in [0.5, 0.6) is 0 Å². The van der Waals surface area contributed by atoms with Gasteiger partial charge in [-0.05, 0) is 37.9 Å².